The Bertz CT molecular complexity index is 464. The first-order valence-electron chi connectivity index (χ1n) is 7.21. The first-order chi connectivity index (χ1) is 10.4. The van der Waals surface area contributed by atoms with Crippen LogP contribution in [0.2, 0.25) is 0 Å². The Balaban J connectivity index is 2.45. The van der Waals surface area contributed by atoms with Crippen molar-refractivity contribution in [1.82, 2.24) is 0 Å². The SMILES string of the molecule is NCCCCCCC(=O)Nc1ccccc1OCC(F)(F)F. The van der Waals surface area contributed by atoms with Crippen LogP contribution >= 0.6 is 0 Å². The van der Waals surface area contributed by atoms with Crippen LogP contribution in [-0.4, -0.2) is 25.2 Å². The van der Waals surface area contributed by atoms with Crippen molar-refractivity contribution >= 4 is 11.6 Å². The Kier molecular flexibility index (Phi) is 7.73. The van der Waals surface area contributed by atoms with Gasteiger partial charge in [-0.1, -0.05) is 25.0 Å². The molecule has 1 aromatic carbocycles. The molecule has 124 valence electrons. The van der Waals surface area contributed by atoms with Gasteiger partial charge >= 0.3 is 6.18 Å². The summed E-state index contributed by atoms with van der Waals surface area (Å²) >= 11 is 0. The lowest BCUT2D eigenvalue weighted by Gasteiger charge is -2.13. The Labute approximate surface area is 127 Å². The van der Waals surface area contributed by atoms with Crippen LogP contribution in [0.4, 0.5) is 18.9 Å². The molecule has 4 nitrogen and oxygen atoms in total. The first kappa shape index (κ1) is 18.3. The number of nitrogens with two attached hydrogens (primary N) is 1. The molecule has 3 N–H and O–H groups in total. The largest absolute Gasteiger partial charge is 0.482 e. The highest BCUT2D eigenvalue weighted by molar-refractivity contribution is 5.92. The number of carbonyl (C=O) groups excluding carboxylic acids is 1. The summed E-state index contributed by atoms with van der Waals surface area (Å²) in [4.78, 5) is 11.8. The minimum Gasteiger partial charge on any atom is -0.482 e. The molecule has 0 radical (unpaired) electrons. The minimum atomic E-state index is -4.42. The maximum atomic E-state index is 12.2. The average molecular weight is 318 g/mol. The summed E-state index contributed by atoms with van der Waals surface area (Å²) in [6.07, 6.45) is -0.586. The molecule has 7 heteroatoms. The van der Waals surface area contributed by atoms with Crippen molar-refractivity contribution in [2.24, 2.45) is 5.73 Å². The number of hydrogen-bond donors (Lipinski definition) is 2. The molecule has 1 amide bonds. The zero-order chi connectivity index (χ0) is 16.4. The van der Waals surface area contributed by atoms with Crippen molar-refractivity contribution in [3.63, 3.8) is 0 Å². The molecule has 0 aliphatic carbocycles. The smallest absolute Gasteiger partial charge is 0.422 e. The lowest BCUT2D eigenvalue weighted by Crippen LogP contribution is -2.20. The highest BCUT2D eigenvalue weighted by Crippen LogP contribution is 2.26. The number of alkyl halides is 3. The number of para-hydroxylation sites is 2. The van der Waals surface area contributed by atoms with Gasteiger partial charge in [-0.25, -0.2) is 0 Å². The van der Waals surface area contributed by atoms with Crippen molar-refractivity contribution in [2.45, 2.75) is 38.3 Å². The monoisotopic (exact) mass is 318 g/mol. The van der Waals surface area contributed by atoms with Crippen molar-refractivity contribution in [1.29, 1.82) is 0 Å². The van der Waals surface area contributed by atoms with E-state index in [0.29, 0.717) is 13.0 Å². The van der Waals surface area contributed by atoms with Gasteiger partial charge in [0, 0.05) is 6.42 Å². The van der Waals surface area contributed by atoms with E-state index in [-0.39, 0.29) is 17.3 Å². The van der Waals surface area contributed by atoms with Gasteiger partial charge in [0.1, 0.15) is 5.75 Å². The summed E-state index contributed by atoms with van der Waals surface area (Å²) < 4.78 is 41.3. The zero-order valence-electron chi connectivity index (χ0n) is 12.3. The third kappa shape index (κ3) is 7.87. The molecule has 1 aromatic rings. The summed E-state index contributed by atoms with van der Waals surface area (Å²) in [6, 6.07) is 6.08. The highest BCUT2D eigenvalue weighted by atomic mass is 19.4. The van der Waals surface area contributed by atoms with Crippen LogP contribution in [0, 0.1) is 0 Å². The number of amides is 1. The molecule has 0 aliphatic rings. The minimum absolute atomic E-state index is 0.0105. The van der Waals surface area contributed by atoms with Crippen molar-refractivity contribution in [2.75, 3.05) is 18.5 Å². The van der Waals surface area contributed by atoms with Gasteiger partial charge in [-0.15, -0.1) is 0 Å². The number of ether oxygens (including phenoxy) is 1. The fourth-order valence-electron chi connectivity index (χ4n) is 1.85. The zero-order valence-corrected chi connectivity index (χ0v) is 12.3. The van der Waals surface area contributed by atoms with Gasteiger partial charge in [0.05, 0.1) is 5.69 Å². The molecule has 1 rings (SSSR count). The predicted molar refractivity (Wildman–Crippen MR) is 78.8 cm³/mol. The molecule has 22 heavy (non-hydrogen) atoms. The van der Waals surface area contributed by atoms with Crippen LogP contribution in [0.15, 0.2) is 24.3 Å². The second-order valence-electron chi connectivity index (χ2n) is 4.90. The Hall–Kier alpha value is -1.76. The van der Waals surface area contributed by atoms with Crippen LogP contribution < -0.4 is 15.8 Å². The molecule has 0 saturated carbocycles. The quantitative estimate of drug-likeness (QED) is 0.685. The third-order valence-corrected chi connectivity index (χ3v) is 2.91. The van der Waals surface area contributed by atoms with Crippen LogP contribution in [0.25, 0.3) is 0 Å². The van der Waals surface area contributed by atoms with Crippen molar-refractivity contribution < 1.29 is 22.7 Å². The average Bonchev–Trinajstić information content (AvgIpc) is 2.45. The molecule has 0 aromatic heterocycles. The first-order valence-corrected chi connectivity index (χ1v) is 7.21. The Morgan fingerprint density at radius 2 is 1.82 bits per heavy atom. The Morgan fingerprint density at radius 3 is 2.50 bits per heavy atom. The third-order valence-electron chi connectivity index (χ3n) is 2.91. The van der Waals surface area contributed by atoms with E-state index in [2.05, 4.69) is 5.32 Å². The second-order valence-corrected chi connectivity index (χ2v) is 4.90. The van der Waals surface area contributed by atoms with E-state index in [1.165, 1.54) is 12.1 Å². The normalized spacial score (nSPS) is 11.3. The van der Waals surface area contributed by atoms with Crippen molar-refractivity contribution in [3.8, 4) is 5.75 Å². The summed E-state index contributed by atoms with van der Waals surface area (Å²) in [7, 11) is 0. The van der Waals surface area contributed by atoms with Gasteiger partial charge in [0.15, 0.2) is 6.61 Å². The topological polar surface area (TPSA) is 64.4 Å². The summed E-state index contributed by atoms with van der Waals surface area (Å²) in [5, 5.41) is 2.58. The summed E-state index contributed by atoms with van der Waals surface area (Å²) in [6.45, 7) is -0.755. The standard InChI is InChI=1S/C15H21F3N2O2/c16-15(17,18)11-22-13-8-5-4-7-12(13)20-14(21)9-3-1-2-6-10-19/h4-5,7-8H,1-3,6,9-11,19H2,(H,20,21). The lowest BCUT2D eigenvalue weighted by molar-refractivity contribution is -0.153. The Morgan fingerprint density at radius 1 is 1.14 bits per heavy atom. The molecule has 0 spiro atoms. The number of anilines is 1. The fourth-order valence-corrected chi connectivity index (χ4v) is 1.85. The number of benzene rings is 1. The van der Waals surface area contributed by atoms with Crippen molar-refractivity contribution in [3.05, 3.63) is 24.3 Å². The molecule has 0 bridgehead atoms. The molecule has 0 unspecified atom stereocenters. The van der Waals surface area contributed by atoms with E-state index in [1.54, 1.807) is 12.1 Å². The van der Waals surface area contributed by atoms with Gasteiger partial charge in [-0.3, -0.25) is 4.79 Å². The number of rotatable bonds is 9. The lowest BCUT2D eigenvalue weighted by atomic mass is 10.1. The molecule has 0 fully saturated rings. The molecule has 0 atom stereocenters. The van der Waals surface area contributed by atoms with E-state index >= 15 is 0 Å². The molecular formula is C15H21F3N2O2. The number of nitrogens with one attached hydrogen (secondary N) is 1. The molecular weight excluding hydrogens is 297 g/mol. The van der Waals surface area contributed by atoms with Gasteiger partial charge in [0.25, 0.3) is 0 Å². The molecule has 0 heterocycles. The predicted octanol–water partition coefficient (Wildman–Crippen LogP) is 3.48. The second kappa shape index (κ2) is 9.30. The maximum Gasteiger partial charge on any atom is 0.422 e. The van der Waals surface area contributed by atoms with Gasteiger partial charge < -0.3 is 15.8 Å². The van der Waals surface area contributed by atoms with E-state index in [0.717, 1.165) is 25.7 Å². The van der Waals surface area contributed by atoms with Gasteiger partial charge in [-0.2, -0.15) is 13.2 Å². The maximum absolute atomic E-state index is 12.2. The number of halogens is 3. The van der Waals surface area contributed by atoms with E-state index in [4.69, 9.17) is 10.5 Å². The molecule has 0 saturated heterocycles. The van der Waals surface area contributed by atoms with Gasteiger partial charge in [-0.05, 0) is 31.5 Å². The molecule has 0 aliphatic heterocycles. The van der Waals surface area contributed by atoms with Crippen LogP contribution in [0.5, 0.6) is 5.75 Å². The number of unbranched alkanes of at least 4 members (excludes halogenated alkanes) is 3. The van der Waals surface area contributed by atoms with Crippen LogP contribution in [0.3, 0.4) is 0 Å². The summed E-state index contributed by atoms with van der Waals surface area (Å²) in [5.74, 6) is -0.230. The van der Waals surface area contributed by atoms with E-state index < -0.39 is 12.8 Å². The van der Waals surface area contributed by atoms with Gasteiger partial charge in [0.2, 0.25) is 5.91 Å². The van der Waals surface area contributed by atoms with E-state index in [1.807, 2.05) is 0 Å². The van der Waals surface area contributed by atoms with E-state index in [9.17, 15) is 18.0 Å². The summed E-state index contributed by atoms with van der Waals surface area (Å²) in [5.41, 5.74) is 5.62. The van der Waals surface area contributed by atoms with Crippen LogP contribution in [0.1, 0.15) is 32.1 Å². The highest BCUT2D eigenvalue weighted by Gasteiger charge is 2.28. The number of hydrogen-bond acceptors (Lipinski definition) is 3. The fraction of sp³-hybridized carbons (Fsp3) is 0.533. The van der Waals surface area contributed by atoms with Crippen LogP contribution in [-0.2, 0) is 4.79 Å². The number of carbonyl (C=O) groups is 1.